The van der Waals surface area contributed by atoms with Gasteiger partial charge in [0.2, 0.25) is 0 Å². The first-order chi connectivity index (χ1) is 9.91. The van der Waals surface area contributed by atoms with Crippen LogP contribution in [-0.2, 0) is 12.0 Å². The molecular weight excluding hydrogens is 302 g/mol. The number of halogens is 1. The zero-order chi connectivity index (χ0) is 15.5. The van der Waals surface area contributed by atoms with Gasteiger partial charge in [-0.25, -0.2) is 4.98 Å². The fraction of sp³-hybridized carbons (Fsp3) is 0.500. The molecule has 0 saturated heterocycles. The largest absolute Gasteiger partial charge is 0.312 e. The van der Waals surface area contributed by atoms with Gasteiger partial charge in [0, 0.05) is 23.0 Å². The lowest BCUT2D eigenvalue weighted by Crippen LogP contribution is -2.19. The maximum Gasteiger partial charge on any atom is 0.142 e. The molecule has 0 aliphatic heterocycles. The van der Waals surface area contributed by atoms with Crippen LogP contribution >= 0.6 is 22.9 Å². The summed E-state index contributed by atoms with van der Waals surface area (Å²) < 4.78 is 0. The molecule has 5 heteroatoms. The highest BCUT2D eigenvalue weighted by Crippen LogP contribution is 2.34. The summed E-state index contributed by atoms with van der Waals surface area (Å²) in [6.45, 7) is 10.7. The van der Waals surface area contributed by atoms with Crippen molar-refractivity contribution in [3.8, 4) is 10.7 Å². The minimum atomic E-state index is 0.0321. The Morgan fingerprint density at radius 1 is 1.29 bits per heavy atom. The highest BCUT2D eigenvalue weighted by Gasteiger charge is 2.23. The van der Waals surface area contributed by atoms with Gasteiger partial charge < -0.3 is 5.32 Å². The summed E-state index contributed by atoms with van der Waals surface area (Å²) in [5.74, 6) is 0. The third-order valence-electron chi connectivity index (χ3n) is 3.07. The molecule has 0 atom stereocenters. The molecule has 2 aromatic rings. The van der Waals surface area contributed by atoms with E-state index in [1.807, 2.05) is 12.1 Å². The standard InChI is InChI=1S/C16H22ClN3S/c1-5-8-18-10-13-14(16(2,3)4)20-15(21-13)12-7-6-11(17)9-19-12/h6-7,9,18H,5,8,10H2,1-4H3. The van der Waals surface area contributed by atoms with Crippen LogP contribution < -0.4 is 5.32 Å². The van der Waals surface area contributed by atoms with Gasteiger partial charge in [-0.1, -0.05) is 39.3 Å². The molecule has 0 spiro atoms. The van der Waals surface area contributed by atoms with Crippen molar-refractivity contribution < 1.29 is 0 Å². The van der Waals surface area contributed by atoms with Gasteiger partial charge in [-0.15, -0.1) is 11.3 Å². The van der Waals surface area contributed by atoms with E-state index in [0.29, 0.717) is 5.02 Å². The van der Waals surface area contributed by atoms with Crippen molar-refractivity contribution in [2.24, 2.45) is 0 Å². The van der Waals surface area contributed by atoms with Crippen LogP contribution in [0.4, 0.5) is 0 Å². The molecule has 0 amide bonds. The molecule has 0 aliphatic carbocycles. The molecule has 0 aliphatic rings. The van der Waals surface area contributed by atoms with Crippen LogP contribution in [0.15, 0.2) is 18.3 Å². The van der Waals surface area contributed by atoms with Gasteiger partial charge in [0.25, 0.3) is 0 Å². The molecular formula is C16H22ClN3S. The fourth-order valence-corrected chi connectivity index (χ4v) is 3.38. The molecule has 0 radical (unpaired) electrons. The van der Waals surface area contributed by atoms with E-state index in [1.54, 1.807) is 17.5 Å². The SMILES string of the molecule is CCCNCc1sc(-c2ccc(Cl)cn2)nc1C(C)(C)C. The Bertz CT molecular complexity index is 585. The monoisotopic (exact) mass is 323 g/mol. The lowest BCUT2D eigenvalue weighted by molar-refractivity contribution is 0.559. The Labute approximate surface area is 135 Å². The van der Waals surface area contributed by atoms with Crippen LogP contribution in [0, 0.1) is 0 Å². The summed E-state index contributed by atoms with van der Waals surface area (Å²) >= 11 is 7.62. The number of thiazole rings is 1. The van der Waals surface area contributed by atoms with Crippen LogP contribution in [0.3, 0.4) is 0 Å². The van der Waals surface area contributed by atoms with Gasteiger partial charge >= 0.3 is 0 Å². The van der Waals surface area contributed by atoms with Gasteiger partial charge in [-0.3, -0.25) is 4.98 Å². The molecule has 0 fully saturated rings. The minimum absolute atomic E-state index is 0.0321. The predicted octanol–water partition coefficient (Wildman–Crippen LogP) is 4.66. The van der Waals surface area contributed by atoms with Crippen molar-refractivity contribution in [1.82, 2.24) is 15.3 Å². The van der Waals surface area contributed by atoms with Crippen molar-refractivity contribution in [3.63, 3.8) is 0 Å². The quantitative estimate of drug-likeness (QED) is 0.813. The maximum atomic E-state index is 5.90. The zero-order valence-electron chi connectivity index (χ0n) is 13.0. The first kappa shape index (κ1) is 16.4. The van der Waals surface area contributed by atoms with E-state index in [4.69, 9.17) is 16.6 Å². The summed E-state index contributed by atoms with van der Waals surface area (Å²) in [5, 5.41) is 5.08. The molecule has 2 rings (SSSR count). The Hall–Kier alpha value is -0.970. The molecule has 1 N–H and O–H groups in total. The number of rotatable bonds is 5. The summed E-state index contributed by atoms with van der Waals surface area (Å²) in [4.78, 5) is 10.5. The fourth-order valence-electron chi connectivity index (χ4n) is 2.05. The van der Waals surface area contributed by atoms with E-state index < -0.39 is 0 Å². The maximum absolute atomic E-state index is 5.90. The van der Waals surface area contributed by atoms with E-state index in [1.165, 1.54) is 4.88 Å². The molecule has 21 heavy (non-hydrogen) atoms. The van der Waals surface area contributed by atoms with Gasteiger partial charge in [-0.2, -0.15) is 0 Å². The molecule has 0 saturated carbocycles. The molecule has 114 valence electrons. The van der Waals surface area contributed by atoms with E-state index in [2.05, 4.69) is 38.0 Å². The minimum Gasteiger partial charge on any atom is -0.312 e. The van der Waals surface area contributed by atoms with Crippen molar-refractivity contribution in [2.75, 3.05) is 6.54 Å². The van der Waals surface area contributed by atoms with Gasteiger partial charge in [0.1, 0.15) is 5.01 Å². The topological polar surface area (TPSA) is 37.8 Å². The highest BCUT2D eigenvalue weighted by atomic mass is 35.5. The van der Waals surface area contributed by atoms with Gasteiger partial charge in [-0.05, 0) is 25.1 Å². The average molecular weight is 324 g/mol. The number of pyridine rings is 1. The predicted molar refractivity (Wildman–Crippen MR) is 91.1 cm³/mol. The Morgan fingerprint density at radius 2 is 2.05 bits per heavy atom. The first-order valence-corrected chi connectivity index (χ1v) is 8.44. The van der Waals surface area contributed by atoms with Crippen LogP contribution in [0.25, 0.3) is 10.7 Å². The third kappa shape index (κ3) is 4.25. The summed E-state index contributed by atoms with van der Waals surface area (Å²) in [6.07, 6.45) is 2.80. The smallest absolute Gasteiger partial charge is 0.142 e. The van der Waals surface area contributed by atoms with Crippen molar-refractivity contribution in [1.29, 1.82) is 0 Å². The molecule has 3 nitrogen and oxygen atoms in total. The molecule has 0 bridgehead atoms. The number of nitrogens with one attached hydrogen (secondary N) is 1. The Kier molecular flexibility index (Phi) is 5.36. The average Bonchev–Trinajstić information content (AvgIpc) is 2.84. The number of aromatic nitrogens is 2. The second kappa shape index (κ2) is 6.86. The lowest BCUT2D eigenvalue weighted by atomic mass is 9.91. The molecule has 2 aromatic heterocycles. The molecule has 0 unspecified atom stereocenters. The number of hydrogen-bond donors (Lipinski definition) is 1. The zero-order valence-corrected chi connectivity index (χ0v) is 14.6. The number of hydrogen-bond acceptors (Lipinski definition) is 4. The highest BCUT2D eigenvalue weighted by molar-refractivity contribution is 7.15. The van der Waals surface area contributed by atoms with Gasteiger partial charge in [0.05, 0.1) is 16.4 Å². The van der Waals surface area contributed by atoms with E-state index in [-0.39, 0.29) is 5.41 Å². The summed E-state index contributed by atoms with van der Waals surface area (Å²) in [7, 11) is 0. The Morgan fingerprint density at radius 3 is 2.62 bits per heavy atom. The Balaban J connectivity index is 2.33. The van der Waals surface area contributed by atoms with Crippen molar-refractivity contribution in [2.45, 2.75) is 46.1 Å². The van der Waals surface area contributed by atoms with Crippen LogP contribution in [-0.4, -0.2) is 16.5 Å². The second-order valence-electron chi connectivity index (χ2n) is 6.08. The first-order valence-electron chi connectivity index (χ1n) is 7.24. The van der Waals surface area contributed by atoms with Crippen molar-refractivity contribution >= 4 is 22.9 Å². The summed E-state index contributed by atoms with van der Waals surface area (Å²) in [6, 6.07) is 3.79. The normalized spacial score (nSPS) is 11.9. The van der Waals surface area contributed by atoms with E-state index in [0.717, 1.165) is 35.9 Å². The molecule has 2 heterocycles. The van der Waals surface area contributed by atoms with Crippen LogP contribution in [0.1, 0.15) is 44.7 Å². The summed E-state index contributed by atoms with van der Waals surface area (Å²) in [5.41, 5.74) is 2.07. The van der Waals surface area contributed by atoms with E-state index >= 15 is 0 Å². The van der Waals surface area contributed by atoms with Crippen LogP contribution in [0.5, 0.6) is 0 Å². The number of nitrogens with zero attached hydrogens (tertiary/aromatic N) is 2. The molecule has 0 aromatic carbocycles. The van der Waals surface area contributed by atoms with Crippen LogP contribution in [0.2, 0.25) is 5.02 Å². The van der Waals surface area contributed by atoms with E-state index in [9.17, 15) is 0 Å². The lowest BCUT2D eigenvalue weighted by Gasteiger charge is -2.17. The second-order valence-corrected chi connectivity index (χ2v) is 7.60. The van der Waals surface area contributed by atoms with Crippen molar-refractivity contribution in [3.05, 3.63) is 33.9 Å². The third-order valence-corrected chi connectivity index (χ3v) is 4.37. The van der Waals surface area contributed by atoms with Gasteiger partial charge in [0.15, 0.2) is 0 Å².